The predicted octanol–water partition coefficient (Wildman–Crippen LogP) is 14.2. The molecule has 4 nitrogen and oxygen atoms in total. The van der Waals surface area contributed by atoms with Crippen molar-refractivity contribution in [3.05, 3.63) is 230 Å². The Morgan fingerprint density at radius 1 is 0.424 bits per heavy atom. The quantitative estimate of drug-likeness (QED) is 0.117. The third kappa shape index (κ3) is 6.67. The van der Waals surface area contributed by atoms with Crippen molar-refractivity contribution in [1.82, 2.24) is 4.57 Å². The Morgan fingerprint density at radius 3 is 1.39 bits per heavy atom. The van der Waals surface area contributed by atoms with Crippen molar-refractivity contribution in [2.75, 3.05) is 4.90 Å². The minimum atomic E-state index is 0.311. The van der Waals surface area contributed by atoms with Gasteiger partial charge in [0.05, 0.1) is 22.4 Å². The number of para-hydroxylation sites is 3. The van der Waals surface area contributed by atoms with Crippen LogP contribution in [0.1, 0.15) is 5.56 Å². The largest absolute Gasteiger partial charge is 0.309 e. The molecule has 1 aliphatic rings. The number of hydrogen-bond acceptors (Lipinski definition) is 4. The monoisotopic (exact) mass is 774 g/mol. The van der Waals surface area contributed by atoms with Gasteiger partial charge >= 0.3 is 0 Å². The first-order chi connectivity index (χ1) is 29.1. The van der Waals surface area contributed by atoms with Gasteiger partial charge in [0.15, 0.2) is 0 Å². The topological polar surface area (TPSA) is 44.4 Å². The van der Waals surface area contributed by atoms with Crippen LogP contribution in [0.4, 0.5) is 11.4 Å². The van der Waals surface area contributed by atoms with Gasteiger partial charge < -0.3 is 9.47 Å². The lowest BCUT2D eigenvalue weighted by Crippen LogP contribution is -2.30. The molecule has 0 aliphatic heterocycles. The van der Waals surface area contributed by atoms with Gasteiger partial charge in [0.2, 0.25) is 0 Å². The molecule has 0 saturated heterocycles. The Labute approximate surface area is 349 Å². The van der Waals surface area contributed by atoms with Crippen molar-refractivity contribution < 1.29 is 0 Å². The van der Waals surface area contributed by atoms with E-state index < -0.39 is 0 Å². The fourth-order valence-electron chi connectivity index (χ4n) is 8.29. The molecule has 280 valence electrons. The van der Waals surface area contributed by atoms with Crippen LogP contribution in [0, 0.1) is 5.41 Å². The molecule has 0 unspecified atom stereocenters. The van der Waals surface area contributed by atoms with Crippen molar-refractivity contribution in [1.29, 1.82) is 5.41 Å². The van der Waals surface area contributed by atoms with Gasteiger partial charge in [-0.05, 0) is 131 Å². The van der Waals surface area contributed by atoms with E-state index in [1.165, 1.54) is 33.0 Å². The molecule has 5 heteroatoms. The number of anilines is 2. The molecule has 1 heterocycles. The third-order valence-electron chi connectivity index (χ3n) is 11.1. The predicted molar refractivity (Wildman–Crippen MR) is 252 cm³/mol. The van der Waals surface area contributed by atoms with E-state index in [9.17, 15) is 5.41 Å². The molecule has 59 heavy (non-hydrogen) atoms. The first-order valence-electron chi connectivity index (χ1n) is 19.7. The van der Waals surface area contributed by atoms with Crippen LogP contribution in [0.3, 0.4) is 0 Å². The van der Waals surface area contributed by atoms with Crippen LogP contribution in [0.2, 0.25) is 0 Å². The van der Waals surface area contributed by atoms with Crippen LogP contribution in [0.5, 0.6) is 0 Å². The Morgan fingerprint density at radius 2 is 0.864 bits per heavy atom. The Kier molecular flexibility index (Phi) is 9.41. The number of benzene rings is 8. The number of aromatic nitrogens is 1. The van der Waals surface area contributed by atoms with Gasteiger partial charge in [-0.1, -0.05) is 140 Å². The Hall–Kier alpha value is -7.47. The molecule has 9 aromatic rings. The molecule has 0 fully saturated rings. The summed E-state index contributed by atoms with van der Waals surface area (Å²) < 4.78 is 6.76. The molecule has 10 rings (SSSR count). The lowest BCUT2D eigenvalue weighted by Gasteiger charge is -2.31. The minimum Gasteiger partial charge on any atom is -0.309 e. The van der Waals surface area contributed by atoms with E-state index >= 15 is 0 Å². The summed E-state index contributed by atoms with van der Waals surface area (Å²) >= 11 is 4.47. The van der Waals surface area contributed by atoms with Crippen LogP contribution < -0.4 is 4.90 Å². The van der Waals surface area contributed by atoms with E-state index in [2.05, 4.69) is 221 Å². The third-order valence-corrected chi connectivity index (χ3v) is 11.3. The summed E-state index contributed by atoms with van der Waals surface area (Å²) in [5.41, 5.74) is 15.5. The summed E-state index contributed by atoms with van der Waals surface area (Å²) in [4.78, 5) is 2.15. The minimum absolute atomic E-state index is 0.311. The highest BCUT2D eigenvalue weighted by Gasteiger charge is 2.27. The zero-order chi connectivity index (χ0) is 39.7. The van der Waals surface area contributed by atoms with E-state index in [-0.39, 0.29) is 0 Å². The van der Waals surface area contributed by atoms with Crippen LogP contribution in [-0.4, -0.2) is 16.0 Å². The van der Waals surface area contributed by atoms with Gasteiger partial charge in [-0.15, -0.1) is 0 Å². The van der Waals surface area contributed by atoms with Crippen molar-refractivity contribution in [3.8, 4) is 39.1 Å². The number of nitrogens with zero attached hydrogens (tertiary/aromatic N) is 3. The number of rotatable bonds is 8. The molecule has 0 radical (unpaired) electrons. The second kappa shape index (κ2) is 15.5. The molecule has 0 bridgehead atoms. The van der Waals surface area contributed by atoms with Crippen molar-refractivity contribution >= 4 is 63.0 Å². The molecule has 0 saturated carbocycles. The van der Waals surface area contributed by atoms with Crippen molar-refractivity contribution in [2.24, 2.45) is 4.40 Å². The molecule has 1 aliphatic carbocycles. The molecule has 8 aromatic carbocycles. The fraction of sp³-hybridized carbons (Fsp3) is 0. The zero-order valence-electron chi connectivity index (χ0n) is 32.1. The lowest BCUT2D eigenvalue weighted by atomic mass is 9.91. The van der Waals surface area contributed by atoms with Crippen LogP contribution >= 0.6 is 12.8 Å². The van der Waals surface area contributed by atoms with Crippen LogP contribution in [-0.2, 0) is 0 Å². The first-order valence-corrected chi connectivity index (χ1v) is 20.1. The Bertz CT molecular complexity index is 2980. The normalized spacial score (nSPS) is 13.4. The maximum Gasteiger partial charge on any atom is 0.121 e. The van der Waals surface area contributed by atoms with Crippen molar-refractivity contribution in [3.63, 3.8) is 0 Å². The highest BCUT2D eigenvalue weighted by molar-refractivity contribution is 7.79. The lowest BCUT2D eigenvalue weighted by molar-refractivity contribution is 1.18. The average Bonchev–Trinajstić information content (AvgIpc) is 3.65. The van der Waals surface area contributed by atoms with E-state index in [1.807, 2.05) is 24.3 Å². The number of nitrogens with one attached hydrogen (secondary N) is 1. The zero-order valence-corrected chi connectivity index (χ0v) is 33.0. The van der Waals surface area contributed by atoms with Crippen LogP contribution in [0.15, 0.2) is 229 Å². The van der Waals surface area contributed by atoms with Crippen molar-refractivity contribution in [2.45, 2.75) is 0 Å². The molecule has 0 amide bonds. The molecule has 1 N–H and O–H groups in total. The van der Waals surface area contributed by atoms with Gasteiger partial charge in [-0.25, -0.2) is 4.40 Å². The maximum atomic E-state index is 9.51. The van der Waals surface area contributed by atoms with Gasteiger partial charge in [0.1, 0.15) is 5.71 Å². The highest BCUT2D eigenvalue weighted by atomic mass is 32.1. The van der Waals surface area contributed by atoms with E-state index in [0.29, 0.717) is 11.4 Å². The summed E-state index contributed by atoms with van der Waals surface area (Å²) in [5.74, 6) is 0. The van der Waals surface area contributed by atoms with Gasteiger partial charge in [-0.3, -0.25) is 5.41 Å². The summed E-state index contributed by atoms with van der Waals surface area (Å²) in [7, 11) is 0. The van der Waals surface area contributed by atoms with Crippen LogP contribution in [0.25, 0.3) is 66.4 Å². The Balaban J connectivity index is 1.02. The number of fused-ring (bicyclic) bond motifs is 3. The van der Waals surface area contributed by atoms with Gasteiger partial charge in [0.25, 0.3) is 0 Å². The number of thiol groups is 1. The molecule has 1 aromatic heterocycles. The molecular formula is C54H38N4S. The standard InChI is InChI=1S/C54H38N4S/c55-53-47(40-26-30-46(31-27-40)58-50-22-12-10-20-48(50)49-21-11-13-23-51(49)58)32-33-52(54(53)56-59)57(44-18-8-3-9-19-44)45-28-24-39(25-29-45)43-35-41(37-14-4-1-5-15-37)34-42(36-43)38-16-6-2-7-17-38/h1-36,55,59H. The molecular weight excluding hydrogens is 737 g/mol. The maximum absolute atomic E-state index is 9.51. The SMILES string of the molecule is N=C1C(c2ccc(-n3c4ccccc4c4ccccc43)cc2)=CC=C(N(c2ccccc2)c2ccc(-c3cc(-c4ccccc4)cc(-c4ccccc4)c3)cc2)C1=NS. The molecule has 0 atom stereocenters. The summed E-state index contributed by atoms with van der Waals surface area (Å²) in [6.07, 6.45) is 4.08. The van der Waals surface area contributed by atoms with E-state index in [0.717, 1.165) is 56.1 Å². The summed E-state index contributed by atoms with van der Waals surface area (Å²) in [6.45, 7) is 0. The smallest absolute Gasteiger partial charge is 0.121 e. The highest BCUT2D eigenvalue weighted by Crippen LogP contribution is 2.38. The average molecular weight is 775 g/mol. The number of hydrogen-bond donors (Lipinski definition) is 2. The van der Waals surface area contributed by atoms with Gasteiger partial charge in [-0.2, -0.15) is 0 Å². The fourth-order valence-corrected chi connectivity index (χ4v) is 8.49. The van der Waals surface area contributed by atoms with E-state index in [1.54, 1.807) is 0 Å². The second-order valence-electron chi connectivity index (χ2n) is 14.6. The first kappa shape index (κ1) is 35.9. The molecule has 0 spiro atoms. The number of allylic oxidation sites excluding steroid dienone is 4. The second-order valence-corrected chi connectivity index (χ2v) is 14.8. The van der Waals surface area contributed by atoms with Gasteiger partial charge in [0, 0.05) is 33.4 Å². The van der Waals surface area contributed by atoms with E-state index in [4.69, 9.17) is 0 Å². The summed E-state index contributed by atoms with van der Waals surface area (Å²) in [6, 6.07) is 72.3. The summed E-state index contributed by atoms with van der Waals surface area (Å²) in [5, 5.41) is 12.0.